The average Bonchev–Trinajstić information content (AvgIpc) is 3.06. The van der Waals surface area contributed by atoms with Gasteiger partial charge in [-0.15, -0.1) is 0 Å². The molecule has 0 fully saturated rings. The van der Waals surface area contributed by atoms with Crippen molar-refractivity contribution in [3.63, 3.8) is 0 Å². The first-order valence-electron chi connectivity index (χ1n) is 10.5. The highest BCUT2D eigenvalue weighted by atomic mass is 35.5. The predicted octanol–water partition coefficient (Wildman–Crippen LogP) is 5.65. The van der Waals surface area contributed by atoms with Crippen molar-refractivity contribution in [2.45, 2.75) is 19.4 Å². The molecule has 0 bridgehead atoms. The number of pyridine rings is 1. The van der Waals surface area contributed by atoms with E-state index in [1.54, 1.807) is 12.3 Å². The topological polar surface area (TPSA) is 67.6 Å². The second-order valence-corrected chi connectivity index (χ2v) is 8.65. The first-order valence-corrected chi connectivity index (χ1v) is 11.2. The number of nitrogens with zero attached hydrogens (tertiary/aromatic N) is 3. The zero-order valence-electron chi connectivity index (χ0n) is 17.2. The van der Waals surface area contributed by atoms with Crippen LogP contribution in [0.5, 0.6) is 5.75 Å². The number of carboxylic acid groups (broad SMARTS) is 1. The van der Waals surface area contributed by atoms with Crippen molar-refractivity contribution in [2.24, 2.45) is 0 Å². The molecular formula is C24H21Cl2N3O3. The Morgan fingerprint density at radius 1 is 1.12 bits per heavy atom. The molecule has 2 aromatic carbocycles. The summed E-state index contributed by atoms with van der Waals surface area (Å²) in [4.78, 5) is 17.3. The van der Waals surface area contributed by atoms with E-state index in [-0.39, 0.29) is 0 Å². The molecule has 0 saturated carbocycles. The predicted molar refractivity (Wildman–Crippen MR) is 126 cm³/mol. The van der Waals surface area contributed by atoms with E-state index < -0.39 is 6.09 Å². The van der Waals surface area contributed by atoms with Gasteiger partial charge < -0.3 is 19.3 Å². The number of carbonyl (C=O) groups is 1. The maximum absolute atomic E-state index is 11.4. The van der Waals surface area contributed by atoms with Crippen LogP contribution >= 0.6 is 23.2 Å². The lowest BCUT2D eigenvalue weighted by atomic mass is 10.00. The number of benzene rings is 2. The molecule has 0 spiro atoms. The van der Waals surface area contributed by atoms with Crippen molar-refractivity contribution in [1.29, 1.82) is 0 Å². The van der Waals surface area contributed by atoms with Crippen LogP contribution in [0.2, 0.25) is 10.0 Å². The number of rotatable bonds is 4. The van der Waals surface area contributed by atoms with Crippen LogP contribution in [-0.4, -0.2) is 45.3 Å². The smallest absolute Gasteiger partial charge is 0.407 e. The van der Waals surface area contributed by atoms with Crippen LogP contribution in [0.15, 0.2) is 48.8 Å². The number of aromatic nitrogens is 2. The lowest BCUT2D eigenvalue weighted by Crippen LogP contribution is -2.31. The van der Waals surface area contributed by atoms with E-state index in [1.165, 1.54) is 16.0 Å². The summed E-state index contributed by atoms with van der Waals surface area (Å²) in [5, 5.41) is 12.3. The van der Waals surface area contributed by atoms with Gasteiger partial charge in [-0.1, -0.05) is 35.3 Å². The minimum Gasteiger partial charge on any atom is -0.488 e. The SMILES string of the molecule is O=C(O)N1CCc2ccc3ccn(CCOc4c(Cl)cc(Cl)c5cccnc45)c3c2CC1. The highest BCUT2D eigenvalue weighted by Crippen LogP contribution is 2.37. The van der Waals surface area contributed by atoms with Gasteiger partial charge in [0.25, 0.3) is 0 Å². The number of amides is 1. The molecule has 1 aliphatic heterocycles. The zero-order chi connectivity index (χ0) is 22.2. The molecule has 0 atom stereocenters. The maximum Gasteiger partial charge on any atom is 0.407 e. The molecule has 0 radical (unpaired) electrons. The van der Waals surface area contributed by atoms with Crippen molar-refractivity contribution in [2.75, 3.05) is 19.7 Å². The fraction of sp³-hybridized carbons (Fsp3) is 0.250. The minimum atomic E-state index is -0.862. The highest BCUT2D eigenvalue weighted by molar-refractivity contribution is 6.39. The Balaban J connectivity index is 1.41. The quantitative estimate of drug-likeness (QED) is 0.418. The molecule has 1 amide bonds. The molecule has 1 aliphatic rings. The normalized spacial score (nSPS) is 13.9. The Morgan fingerprint density at radius 3 is 2.81 bits per heavy atom. The van der Waals surface area contributed by atoms with Crippen LogP contribution in [0.4, 0.5) is 4.79 Å². The van der Waals surface area contributed by atoms with Crippen LogP contribution < -0.4 is 4.74 Å². The third kappa shape index (κ3) is 3.74. The Kier molecular flexibility index (Phi) is 5.57. The molecule has 164 valence electrons. The summed E-state index contributed by atoms with van der Waals surface area (Å²) < 4.78 is 8.26. The monoisotopic (exact) mass is 469 g/mol. The molecule has 32 heavy (non-hydrogen) atoms. The highest BCUT2D eigenvalue weighted by Gasteiger charge is 2.20. The Bertz CT molecular complexity index is 1340. The summed E-state index contributed by atoms with van der Waals surface area (Å²) >= 11 is 12.7. The molecule has 8 heteroatoms. The zero-order valence-corrected chi connectivity index (χ0v) is 18.7. The van der Waals surface area contributed by atoms with E-state index in [9.17, 15) is 9.90 Å². The molecule has 0 unspecified atom stereocenters. The third-order valence-corrected chi connectivity index (χ3v) is 6.61. The molecule has 6 nitrogen and oxygen atoms in total. The number of fused-ring (bicyclic) bond motifs is 4. The first kappa shape index (κ1) is 20.9. The minimum absolute atomic E-state index is 0.404. The van der Waals surface area contributed by atoms with Crippen LogP contribution in [0.25, 0.3) is 21.8 Å². The first-order chi connectivity index (χ1) is 15.5. The van der Waals surface area contributed by atoms with Gasteiger partial charge in [0, 0.05) is 30.9 Å². The van der Waals surface area contributed by atoms with Crippen molar-refractivity contribution >= 4 is 51.1 Å². The van der Waals surface area contributed by atoms with E-state index in [2.05, 4.69) is 27.8 Å². The standard InChI is InChI=1S/C24H21Cl2N3O3/c25-19-14-20(26)23(21-18(19)2-1-8-27-21)32-13-12-28-9-6-16-4-3-15-5-10-29(24(30)31)11-7-17(15)22(16)28/h1-4,6,8-9,14H,5,7,10-13H2,(H,30,31). The average molecular weight is 470 g/mol. The van der Waals surface area contributed by atoms with Crippen LogP contribution in [-0.2, 0) is 19.4 Å². The van der Waals surface area contributed by atoms with Crippen LogP contribution in [0, 0.1) is 0 Å². The summed E-state index contributed by atoms with van der Waals surface area (Å²) in [6.07, 6.45) is 4.29. The molecule has 3 heterocycles. The van der Waals surface area contributed by atoms with Gasteiger partial charge in [0.05, 0.1) is 22.1 Å². The molecule has 1 N–H and O–H groups in total. The van der Waals surface area contributed by atoms with Gasteiger partial charge in [-0.25, -0.2) is 4.79 Å². The Labute approximate surface area is 194 Å². The number of halogens is 2. The lowest BCUT2D eigenvalue weighted by Gasteiger charge is -2.15. The summed E-state index contributed by atoms with van der Waals surface area (Å²) in [5.41, 5.74) is 4.21. The van der Waals surface area contributed by atoms with E-state index in [0.717, 1.165) is 22.7 Å². The largest absolute Gasteiger partial charge is 0.488 e. The second kappa shape index (κ2) is 8.52. The summed E-state index contributed by atoms with van der Waals surface area (Å²) in [6, 6.07) is 11.7. The van der Waals surface area contributed by atoms with Crippen LogP contribution in [0.3, 0.4) is 0 Å². The lowest BCUT2D eigenvalue weighted by molar-refractivity contribution is 0.147. The number of hydrogen-bond donors (Lipinski definition) is 1. The molecule has 2 aromatic heterocycles. The van der Waals surface area contributed by atoms with Gasteiger partial charge in [0.1, 0.15) is 12.1 Å². The number of hydrogen-bond acceptors (Lipinski definition) is 3. The van der Waals surface area contributed by atoms with Gasteiger partial charge in [-0.2, -0.15) is 0 Å². The van der Waals surface area contributed by atoms with Crippen molar-refractivity contribution in [3.05, 3.63) is 70.0 Å². The van der Waals surface area contributed by atoms with E-state index in [0.29, 0.717) is 54.0 Å². The summed E-state index contributed by atoms with van der Waals surface area (Å²) in [5.74, 6) is 0.527. The van der Waals surface area contributed by atoms with Crippen molar-refractivity contribution in [3.8, 4) is 5.75 Å². The third-order valence-electron chi connectivity index (χ3n) is 6.01. The van der Waals surface area contributed by atoms with Gasteiger partial charge >= 0.3 is 6.09 Å². The fourth-order valence-corrected chi connectivity index (χ4v) is 5.02. The van der Waals surface area contributed by atoms with Crippen molar-refractivity contribution < 1.29 is 14.6 Å². The molecule has 4 aromatic rings. The second-order valence-electron chi connectivity index (χ2n) is 7.84. The van der Waals surface area contributed by atoms with Gasteiger partial charge in [-0.3, -0.25) is 4.98 Å². The summed E-state index contributed by atoms with van der Waals surface area (Å²) in [6.45, 7) is 2.05. The number of ether oxygens (including phenoxy) is 1. The van der Waals surface area contributed by atoms with Crippen LogP contribution in [0.1, 0.15) is 11.1 Å². The Hall–Kier alpha value is -2.96. The maximum atomic E-state index is 11.4. The summed E-state index contributed by atoms with van der Waals surface area (Å²) in [7, 11) is 0. The molecular weight excluding hydrogens is 449 g/mol. The van der Waals surface area contributed by atoms with Gasteiger partial charge in [-0.05, 0) is 53.6 Å². The molecule has 0 saturated heterocycles. The van der Waals surface area contributed by atoms with Gasteiger partial charge in [0.2, 0.25) is 0 Å². The molecule has 5 rings (SSSR count). The molecule has 0 aliphatic carbocycles. The van der Waals surface area contributed by atoms with E-state index in [4.69, 9.17) is 27.9 Å². The fourth-order valence-electron chi connectivity index (χ4n) is 4.45. The van der Waals surface area contributed by atoms with Gasteiger partial charge in [0.15, 0.2) is 5.75 Å². The van der Waals surface area contributed by atoms with E-state index in [1.807, 2.05) is 18.3 Å². The van der Waals surface area contributed by atoms with E-state index >= 15 is 0 Å². The van der Waals surface area contributed by atoms with Crippen molar-refractivity contribution in [1.82, 2.24) is 14.5 Å². The Morgan fingerprint density at radius 2 is 1.97 bits per heavy atom.